The number of hydrogen-bond acceptors (Lipinski definition) is 2. The highest BCUT2D eigenvalue weighted by Crippen LogP contribution is 2.13. The van der Waals surface area contributed by atoms with Gasteiger partial charge in [-0.1, -0.05) is 0 Å². The second-order valence-electron chi connectivity index (χ2n) is 3.10. The largest absolute Gasteiger partial charge is 0.492 e. The number of aromatic nitrogens is 1. The van der Waals surface area contributed by atoms with Crippen molar-refractivity contribution in [1.29, 1.82) is 0 Å². The van der Waals surface area contributed by atoms with E-state index in [0.29, 0.717) is 6.61 Å². The lowest BCUT2D eigenvalue weighted by Crippen LogP contribution is -1.99. The molecular formula is C12H15NO. The highest BCUT2D eigenvalue weighted by atomic mass is 16.5. The molecule has 14 heavy (non-hydrogen) atoms. The van der Waals surface area contributed by atoms with Gasteiger partial charge in [0.15, 0.2) is 0 Å². The van der Waals surface area contributed by atoms with Crippen LogP contribution in [0, 0.1) is 19.3 Å². The van der Waals surface area contributed by atoms with Crippen LogP contribution in [0.15, 0.2) is 18.3 Å². The first kappa shape index (κ1) is 10.6. The molecule has 1 aromatic rings. The van der Waals surface area contributed by atoms with Gasteiger partial charge in [0.05, 0.1) is 12.3 Å². The Morgan fingerprint density at radius 3 is 3.07 bits per heavy atom. The molecule has 0 spiro atoms. The van der Waals surface area contributed by atoms with Crippen molar-refractivity contribution < 1.29 is 4.74 Å². The van der Waals surface area contributed by atoms with Gasteiger partial charge in [0, 0.05) is 12.6 Å². The van der Waals surface area contributed by atoms with E-state index in [2.05, 4.69) is 10.9 Å². The minimum Gasteiger partial charge on any atom is -0.492 e. The van der Waals surface area contributed by atoms with E-state index in [9.17, 15) is 0 Å². The van der Waals surface area contributed by atoms with Crippen LogP contribution >= 0.6 is 0 Å². The first-order chi connectivity index (χ1) is 6.84. The zero-order valence-electron chi connectivity index (χ0n) is 8.49. The fourth-order valence-electron chi connectivity index (χ4n) is 1.13. The summed E-state index contributed by atoms with van der Waals surface area (Å²) in [4.78, 5) is 4.14. The Morgan fingerprint density at radius 1 is 1.50 bits per heavy atom. The van der Waals surface area contributed by atoms with E-state index in [4.69, 9.17) is 11.2 Å². The monoisotopic (exact) mass is 189 g/mol. The van der Waals surface area contributed by atoms with Gasteiger partial charge in [-0.2, -0.15) is 0 Å². The van der Waals surface area contributed by atoms with E-state index in [1.165, 1.54) is 0 Å². The molecule has 0 atom stereocenters. The van der Waals surface area contributed by atoms with Crippen LogP contribution in [0.5, 0.6) is 5.75 Å². The zero-order valence-corrected chi connectivity index (χ0v) is 8.49. The number of nitrogens with zero attached hydrogens (tertiary/aromatic N) is 1. The molecule has 0 aliphatic heterocycles. The van der Waals surface area contributed by atoms with Crippen molar-refractivity contribution in [2.45, 2.75) is 26.2 Å². The molecule has 0 aliphatic rings. The molecule has 2 heteroatoms. The molecule has 0 radical (unpaired) electrons. The predicted octanol–water partition coefficient (Wildman–Crippen LogP) is 2.57. The fourth-order valence-corrected chi connectivity index (χ4v) is 1.13. The van der Waals surface area contributed by atoms with Gasteiger partial charge in [-0.15, -0.1) is 12.3 Å². The van der Waals surface area contributed by atoms with Crippen LogP contribution in [0.3, 0.4) is 0 Å². The normalized spacial score (nSPS) is 9.43. The highest BCUT2D eigenvalue weighted by molar-refractivity contribution is 5.25. The number of aryl methyl sites for hydroxylation is 1. The first-order valence-electron chi connectivity index (χ1n) is 4.82. The maximum absolute atomic E-state index is 5.55. The van der Waals surface area contributed by atoms with Gasteiger partial charge < -0.3 is 4.74 Å². The molecule has 0 fully saturated rings. The van der Waals surface area contributed by atoms with Gasteiger partial charge in [-0.25, -0.2) is 0 Å². The number of ether oxygens (including phenoxy) is 1. The molecule has 0 unspecified atom stereocenters. The molecule has 74 valence electrons. The fraction of sp³-hybridized carbons (Fsp3) is 0.417. The van der Waals surface area contributed by atoms with E-state index in [1.807, 2.05) is 19.1 Å². The number of unbranched alkanes of at least 4 members (excludes halogenated alkanes) is 2. The summed E-state index contributed by atoms with van der Waals surface area (Å²) in [5.41, 5.74) is 0.935. The zero-order chi connectivity index (χ0) is 10.2. The van der Waals surface area contributed by atoms with Crippen molar-refractivity contribution in [1.82, 2.24) is 4.98 Å². The topological polar surface area (TPSA) is 22.1 Å². The lowest BCUT2D eigenvalue weighted by Gasteiger charge is -2.06. The van der Waals surface area contributed by atoms with Gasteiger partial charge in [0.2, 0.25) is 0 Å². The summed E-state index contributed by atoms with van der Waals surface area (Å²) >= 11 is 0. The third kappa shape index (κ3) is 3.49. The van der Waals surface area contributed by atoms with Crippen LogP contribution in [0.1, 0.15) is 25.0 Å². The molecule has 2 nitrogen and oxygen atoms in total. The minimum atomic E-state index is 0.716. The molecule has 1 rings (SSSR count). The van der Waals surface area contributed by atoms with Crippen LogP contribution in [0.4, 0.5) is 0 Å². The summed E-state index contributed by atoms with van der Waals surface area (Å²) in [6.45, 7) is 2.66. The molecule has 0 bridgehead atoms. The average Bonchev–Trinajstić information content (AvgIpc) is 2.20. The molecular weight excluding hydrogens is 174 g/mol. The van der Waals surface area contributed by atoms with Crippen LogP contribution in [0.2, 0.25) is 0 Å². The average molecular weight is 189 g/mol. The van der Waals surface area contributed by atoms with E-state index in [-0.39, 0.29) is 0 Å². The van der Waals surface area contributed by atoms with Gasteiger partial charge in [-0.05, 0) is 31.9 Å². The van der Waals surface area contributed by atoms with Gasteiger partial charge >= 0.3 is 0 Å². The van der Waals surface area contributed by atoms with Gasteiger partial charge in [-0.3, -0.25) is 4.98 Å². The summed E-state index contributed by atoms with van der Waals surface area (Å²) in [6, 6.07) is 3.81. The van der Waals surface area contributed by atoms with Gasteiger partial charge in [0.1, 0.15) is 5.75 Å². The Morgan fingerprint density at radius 2 is 2.36 bits per heavy atom. The van der Waals surface area contributed by atoms with E-state index >= 15 is 0 Å². The summed E-state index contributed by atoms with van der Waals surface area (Å²) in [6.07, 6.45) is 9.76. The molecule has 0 aliphatic carbocycles. The molecule has 0 saturated heterocycles. The molecule has 1 aromatic heterocycles. The van der Waals surface area contributed by atoms with Crippen molar-refractivity contribution in [2.75, 3.05) is 6.61 Å². The van der Waals surface area contributed by atoms with Gasteiger partial charge in [0.25, 0.3) is 0 Å². The second kappa shape index (κ2) is 6.04. The Balaban J connectivity index is 2.25. The molecule has 1 heterocycles. The summed E-state index contributed by atoms with van der Waals surface area (Å²) < 4.78 is 5.55. The third-order valence-electron chi connectivity index (χ3n) is 1.93. The Kier molecular flexibility index (Phi) is 4.57. The highest BCUT2D eigenvalue weighted by Gasteiger charge is 1.97. The SMILES string of the molecule is C#CCCCCOc1cccnc1C. The smallest absolute Gasteiger partial charge is 0.140 e. The predicted molar refractivity (Wildman–Crippen MR) is 57.2 cm³/mol. The first-order valence-corrected chi connectivity index (χ1v) is 4.82. The van der Waals surface area contributed by atoms with E-state index in [0.717, 1.165) is 30.7 Å². The van der Waals surface area contributed by atoms with Crippen molar-refractivity contribution in [3.8, 4) is 18.1 Å². The van der Waals surface area contributed by atoms with Crippen LogP contribution in [-0.2, 0) is 0 Å². The van der Waals surface area contributed by atoms with E-state index < -0.39 is 0 Å². The van der Waals surface area contributed by atoms with Crippen molar-refractivity contribution >= 4 is 0 Å². The Labute approximate surface area is 85.3 Å². The Hall–Kier alpha value is -1.49. The lowest BCUT2D eigenvalue weighted by atomic mass is 10.2. The van der Waals surface area contributed by atoms with E-state index in [1.54, 1.807) is 6.20 Å². The van der Waals surface area contributed by atoms with Crippen LogP contribution in [-0.4, -0.2) is 11.6 Å². The van der Waals surface area contributed by atoms with Crippen LogP contribution < -0.4 is 4.74 Å². The number of hydrogen-bond donors (Lipinski definition) is 0. The molecule has 0 amide bonds. The molecule has 0 aromatic carbocycles. The quantitative estimate of drug-likeness (QED) is 0.524. The Bertz CT molecular complexity index is 314. The molecule has 0 N–H and O–H groups in total. The van der Waals surface area contributed by atoms with Crippen molar-refractivity contribution in [3.05, 3.63) is 24.0 Å². The standard InChI is InChI=1S/C12H15NO/c1-3-4-5-6-10-14-12-8-7-9-13-11(12)2/h1,7-9H,4-6,10H2,2H3. The number of terminal acetylenes is 1. The molecule has 0 saturated carbocycles. The second-order valence-corrected chi connectivity index (χ2v) is 3.10. The summed E-state index contributed by atoms with van der Waals surface area (Å²) in [5.74, 6) is 3.48. The third-order valence-corrected chi connectivity index (χ3v) is 1.93. The summed E-state index contributed by atoms with van der Waals surface area (Å²) in [5, 5.41) is 0. The lowest BCUT2D eigenvalue weighted by molar-refractivity contribution is 0.304. The maximum Gasteiger partial charge on any atom is 0.140 e. The van der Waals surface area contributed by atoms with Crippen molar-refractivity contribution in [2.24, 2.45) is 0 Å². The number of rotatable bonds is 5. The summed E-state index contributed by atoms with van der Waals surface area (Å²) in [7, 11) is 0. The maximum atomic E-state index is 5.55. The number of pyridine rings is 1. The van der Waals surface area contributed by atoms with Crippen LogP contribution in [0.25, 0.3) is 0 Å². The minimum absolute atomic E-state index is 0.716. The van der Waals surface area contributed by atoms with Crippen molar-refractivity contribution in [3.63, 3.8) is 0 Å².